The molecule has 0 saturated heterocycles. The van der Waals surface area contributed by atoms with E-state index in [-0.39, 0.29) is 29.2 Å². The number of benzene rings is 1. The zero-order chi connectivity index (χ0) is 26.8. The van der Waals surface area contributed by atoms with E-state index in [1.165, 1.54) is 6.07 Å². The van der Waals surface area contributed by atoms with Crippen LogP contribution >= 0.6 is 0 Å². The molecule has 0 spiro atoms. The van der Waals surface area contributed by atoms with Crippen molar-refractivity contribution in [2.75, 3.05) is 0 Å². The van der Waals surface area contributed by atoms with E-state index in [9.17, 15) is 33.0 Å². The quantitative estimate of drug-likeness (QED) is 0.430. The Labute approximate surface area is 209 Å². The van der Waals surface area contributed by atoms with Gasteiger partial charge in [0.2, 0.25) is 0 Å². The fourth-order valence-corrected chi connectivity index (χ4v) is 6.31. The number of esters is 1. The van der Waals surface area contributed by atoms with E-state index in [0.717, 1.165) is 12.1 Å². The first-order chi connectivity index (χ1) is 16.6. The molecule has 8 heteroatoms. The fourth-order valence-electron chi connectivity index (χ4n) is 6.31. The number of hydrogen-bond acceptors (Lipinski definition) is 5. The van der Waals surface area contributed by atoms with Gasteiger partial charge >= 0.3 is 12.1 Å². The van der Waals surface area contributed by atoms with Crippen molar-refractivity contribution in [3.05, 3.63) is 59.2 Å². The van der Waals surface area contributed by atoms with Crippen molar-refractivity contribution in [2.24, 2.45) is 29.1 Å². The van der Waals surface area contributed by atoms with Crippen LogP contribution in [0.2, 0.25) is 0 Å². The molecule has 2 N–H and O–H groups in total. The van der Waals surface area contributed by atoms with Gasteiger partial charge in [-0.05, 0) is 78.7 Å². The monoisotopic (exact) mass is 506 g/mol. The van der Waals surface area contributed by atoms with Gasteiger partial charge in [-0.2, -0.15) is 13.2 Å². The van der Waals surface area contributed by atoms with E-state index in [1.54, 1.807) is 13.8 Å². The molecule has 1 aromatic rings. The van der Waals surface area contributed by atoms with Gasteiger partial charge in [-0.25, -0.2) is 4.79 Å². The Kier molecular flexibility index (Phi) is 6.53. The minimum absolute atomic E-state index is 0.0365. The number of aliphatic hydroxyl groups is 2. The number of ketones is 1. The molecule has 1 aromatic carbocycles. The van der Waals surface area contributed by atoms with Gasteiger partial charge in [0, 0.05) is 0 Å². The Hall–Kier alpha value is -2.45. The number of carbonyl (C=O) groups excluding carboxylic acids is 2. The summed E-state index contributed by atoms with van der Waals surface area (Å²) in [5.74, 6) is -2.86. The first-order valence-electron chi connectivity index (χ1n) is 12.3. The smallest absolute Gasteiger partial charge is 0.416 e. The second kappa shape index (κ2) is 8.84. The Morgan fingerprint density at radius 3 is 2.56 bits per heavy atom. The molecule has 5 nitrogen and oxygen atoms in total. The van der Waals surface area contributed by atoms with Crippen LogP contribution in [-0.2, 0) is 15.7 Å². The summed E-state index contributed by atoms with van der Waals surface area (Å²) in [6.45, 7) is 11.6. The van der Waals surface area contributed by atoms with E-state index in [2.05, 4.69) is 20.4 Å². The molecule has 196 valence electrons. The molecule has 0 bridgehead atoms. The van der Waals surface area contributed by atoms with Crippen LogP contribution in [0, 0.1) is 29.1 Å². The Morgan fingerprint density at radius 2 is 1.92 bits per heavy atom. The Morgan fingerprint density at radius 1 is 1.25 bits per heavy atom. The minimum atomic E-state index is -4.64. The van der Waals surface area contributed by atoms with Crippen molar-refractivity contribution in [1.82, 2.24) is 0 Å². The lowest BCUT2D eigenvalue weighted by Gasteiger charge is -2.36. The number of ether oxygens (including phenoxy) is 1. The minimum Gasteiger partial charge on any atom is -0.454 e. The summed E-state index contributed by atoms with van der Waals surface area (Å²) in [5, 5.41) is 22.8. The average Bonchev–Trinajstić information content (AvgIpc) is 3.22. The first-order valence-corrected chi connectivity index (χ1v) is 12.3. The Balaban J connectivity index is 1.74. The predicted octanol–water partition coefficient (Wildman–Crippen LogP) is 5.12. The molecule has 2 fully saturated rings. The van der Waals surface area contributed by atoms with Crippen LogP contribution in [0.15, 0.2) is 48.1 Å². The maximum absolute atomic E-state index is 13.6. The highest BCUT2D eigenvalue weighted by Gasteiger charge is 2.61. The number of halogens is 3. The standard InChI is InChI=1S/C28H33F3O5/c1-14-9-10-19-20(26(19,4)5)11-15(2)24(33)27(35)13-16(3)22(32)21(27)23(14)36-25(34)17-7-6-8-18(12-17)28(29,30)31/h6-8,11-12,16,19-23,32,35H,1,9-10,13H2,2-5H3/b15-11+/t16-,19-,20+,21+,22-,23-,27+/m0/s1. The van der Waals surface area contributed by atoms with Gasteiger partial charge in [0.05, 0.1) is 23.1 Å². The van der Waals surface area contributed by atoms with Gasteiger partial charge in [-0.15, -0.1) is 0 Å². The Bertz CT molecular complexity index is 1120. The highest BCUT2D eigenvalue weighted by Crippen LogP contribution is 2.62. The molecule has 0 aliphatic heterocycles. The lowest BCUT2D eigenvalue weighted by atomic mass is 9.77. The van der Waals surface area contributed by atoms with Gasteiger partial charge in [-0.1, -0.05) is 39.5 Å². The number of hydrogen-bond donors (Lipinski definition) is 2. The molecule has 3 aliphatic rings. The third-order valence-electron chi connectivity index (χ3n) is 8.62. The summed E-state index contributed by atoms with van der Waals surface area (Å²) in [5.41, 5.74) is -2.57. The van der Waals surface area contributed by atoms with Gasteiger partial charge in [0.1, 0.15) is 11.7 Å². The van der Waals surface area contributed by atoms with Crippen LogP contribution in [0.25, 0.3) is 0 Å². The van der Waals surface area contributed by atoms with Crippen LogP contribution in [0.1, 0.15) is 62.9 Å². The molecular weight excluding hydrogens is 473 g/mol. The van der Waals surface area contributed by atoms with E-state index in [1.807, 2.05) is 6.08 Å². The summed E-state index contributed by atoms with van der Waals surface area (Å²) < 4.78 is 45.3. The molecule has 0 unspecified atom stereocenters. The summed E-state index contributed by atoms with van der Waals surface area (Å²) >= 11 is 0. The van der Waals surface area contributed by atoms with Crippen molar-refractivity contribution in [2.45, 2.75) is 70.9 Å². The normalized spacial score (nSPS) is 37.8. The first kappa shape index (κ1) is 26.6. The number of carbonyl (C=O) groups is 2. The lowest BCUT2D eigenvalue weighted by Crippen LogP contribution is -2.52. The number of Topliss-reactive ketones (excluding diaryl/α,β-unsaturated/α-hetero) is 1. The van der Waals surface area contributed by atoms with Crippen molar-refractivity contribution >= 4 is 11.8 Å². The average molecular weight is 507 g/mol. The molecular formula is C28H33F3O5. The maximum Gasteiger partial charge on any atom is 0.416 e. The second-order valence-corrected chi connectivity index (χ2v) is 11.4. The fraction of sp³-hybridized carbons (Fsp3) is 0.571. The van der Waals surface area contributed by atoms with E-state index in [4.69, 9.17) is 4.74 Å². The highest BCUT2D eigenvalue weighted by atomic mass is 19.4. The van der Waals surface area contributed by atoms with Gasteiger partial charge in [-0.3, -0.25) is 4.79 Å². The third kappa shape index (κ3) is 4.43. The molecule has 3 aliphatic carbocycles. The van der Waals surface area contributed by atoms with Gasteiger partial charge in [0.25, 0.3) is 0 Å². The summed E-state index contributed by atoms with van der Waals surface area (Å²) in [4.78, 5) is 26.7. The predicted molar refractivity (Wildman–Crippen MR) is 127 cm³/mol. The van der Waals surface area contributed by atoms with Crippen molar-refractivity contribution in [3.63, 3.8) is 0 Å². The molecule has 36 heavy (non-hydrogen) atoms. The van der Waals surface area contributed by atoms with E-state index >= 15 is 0 Å². The highest BCUT2D eigenvalue weighted by molar-refractivity contribution is 6.02. The van der Waals surface area contributed by atoms with Crippen molar-refractivity contribution in [3.8, 4) is 0 Å². The zero-order valence-corrected chi connectivity index (χ0v) is 20.9. The van der Waals surface area contributed by atoms with E-state index in [0.29, 0.717) is 30.1 Å². The number of rotatable bonds is 2. The van der Waals surface area contributed by atoms with Crippen molar-refractivity contribution < 1.29 is 37.7 Å². The summed E-state index contributed by atoms with van der Waals surface area (Å²) in [6, 6.07) is 3.87. The number of allylic oxidation sites excluding steroid dienone is 1. The molecule has 7 atom stereocenters. The van der Waals surface area contributed by atoms with Crippen molar-refractivity contribution in [1.29, 1.82) is 0 Å². The topological polar surface area (TPSA) is 83.8 Å². The molecule has 4 rings (SSSR count). The molecule has 2 saturated carbocycles. The maximum atomic E-state index is 13.6. The number of fused-ring (bicyclic) bond motifs is 2. The SMILES string of the molecule is C=C1CC[C@H]2[C@@H](/C=C(\C)C(=O)[C@@]3(O)C[C@H](C)[C@H](O)[C@@H]3[C@H]1OC(=O)c1cccc(C(F)(F)F)c1)C2(C)C. The molecule has 0 heterocycles. The lowest BCUT2D eigenvalue weighted by molar-refractivity contribution is -0.145. The molecule has 0 aromatic heterocycles. The summed E-state index contributed by atoms with van der Waals surface area (Å²) in [7, 11) is 0. The van der Waals surface area contributed by atoms with E-state index < -0.39 is 53.1 Å². The van der Waals surface area contributed by atoms with Gasteiger partial charge in [0.15, 0.2) is 5.78 Å². The van der Waals surface area contributed by atoms with Crippen LogP contribution in [0.3, 0.4) is 0 Å². The van der Waals surface area contributed by atoms with Gasteiger partial charge < -0.3 is 14.9 Å². The zero-order valence-electron chi connectivity index (χ0n) is 20.9. The summed E-state index contributed by atoms with van der Waals surface area (Å²) in [6.07, 6.45) is -4.11. The third-order valence-corrected chi connectivity index (χ3v) is 8.62. The number of aliphatic hydroxyl groups excluding tert-OH is 1. The molecule has 0 amide bonds. The number of alkyl halides is 3. The largest absolute Gasteiger partial charge is 0.454 e. The molecule has 0 radical (unpaired) electrons. The van der Waals surface area contributed by atoms with Crippen LogP contribution in [-0.4, -0.2) is 39.8 Å². The van der Waals surface area contributed by atoms with Crippen LogP contribution in [0.4, 0.5) is 13.2 Å². The van der Waals surface area contributed by atoms with Crippen LogP contribution in [0.5, 0.6) is 0 Å². The van der Waals surface area contributed by atoms with Crippen LogP contribution < -0.4 is 0 Å². The second-order valence-electron chi connectivity index (χ2n) is 11.4.